The summed E-state index contributed by atoms with van der Waals surface area (Å²) in [5, 5.41) is 3.05. The van der Waals surface area contributed by atoms with E-state index in [0.717, 1.165) is 21.7 Å². The third-order valence-electron chi connectivity index (χ3n) is 3.98. The van der Waals surface area contributed by atoms with Gasteiger partial charge in [-0.2, -0.15) is 0 Å². The number of amides is 1. The number of carbonyl (C=O) groups excluding carboxylic acids is 1. The van der Waals surface area contributed by atoms with Crippen LogP contribution in [-0.4, -0.2) is 11.7 Å². The van der Waals surface area contributed by atoms with Gasteiger partial charge in [0.25, 0.3) is 0 Å². The molecule has 0 heterocycles. The van der Waals surface area contributed by atoms with Gasteiger partial charge in [0.1, 0.15) is 0 Å². The topological polar surface area (TPSA) is 29.1 Å². The van der Waals surface area contributed by atoms with Gasteiger partial charge < -0.3 is 5.32 Å². The monoisotopic (exact) mass is 347 g/mol. The summed E-state index contributed by atoms with van der Waals surface area (Å²) in [4.78, 5) is 13.6. The predicted molar refractivity (Wildman–Crippen MR) is 107 cm³/mol. The van der Waals surface area contributed by atoms with Crippen LogP contribution < -0.4 is 5.32 Å². The minimum atomic E-state index is 0.00774. The molecular formula is C22H21NOS. The first-order chi connectivity index (χ1) is 12.1. The Morgan fingerprint density at radius 2 is 1.64 bits per heavy atom. The summed E-state index contributed by atoms with van der Waals surface area (Å²) in [5.74, 6) is 0.404. The maximum absolute atomic E-state index is 12.4. The Morgan fingerprint density at radius 1 is 0.920 bits per heavy atom. The van der Waals surface area contributed by atoms with Gasteiger partial charge in [0.15, 0.2) is 0 Å². The third-order valence-corrected chi connectivity index (χ3v) is 5.15. The lowest BCUT2D eigenvalue weighted by atomic mass is 10.0. The summed E-state index contributed by atoms with van der Waals surface area (Å²) in [5.41, 5.74) is 5.43. The van der Waals surface area contributed by atoms with E-state index in [4.69, 9.17) is 0 Å². The number of rotatable bonds is 5. The second-order valence-electron chi connectivity index (χ2n) is 6.02. The minimum absolute atomic E-state index is 0.00774. The number of aryl methyl sites for hydroxylation is 2. The van der Waals surface area contributed by atoms with Gasteiger partial charge >= 0.3 is 0 Å². The second kappa shape index (κ2) is 8.04. The Balaban J connectivity index is 1.69. The fourth-order valence-electron chi connectivity index (χ4n) is 2.75. The number of thioether (sulfide) groups is 1. The molecule has 0 unspecified atom stereocenters. The Labute approximate surface area is 153 Å². The summed E-state index contributed by atoms with van der Waals surface area (Å²) in [7, 11) is 0. The van der Waals surface area contributed by atoms with Gasteiger partial charge in [-0.05, 0) is 37.1 Å². The number of hydrogen-bond donors (Lipinski definition) is 1. The number of nitrogens with one attached hydrogen (secondary N) is 1. The van der Waals surface area contributed by atoms with Crippen LogP contribution in [-0.2, 0) is 4.79 Å². The van der Waals surface area contributed by atoms with E-state index in [2.05, 4.69) is 49.5 Å². The van der Waals surface area contributed by atoms with Crippen molar-refractivity contribution in [1.29, 1.82) is 0 Å². The zero-order valence-corrected chi connectivity index (χ0v) is 15.3. The number of carbonyl (C=O) groups is 1. The van der Waals surface area contributed by atoms with Gasteiger partial charge in [0, 0.05) is 16.1 Å². The fraction of sp³-hybridized carbons (Fsp3) is 0.136. The molecule has 3 rings (SSSR count). The number of anilines is 1. The van der Waals surface area contributed by atoms with Crippen LogP contribution in [0.15, 0.2) is 77.7 Å². The molecule has 0 atom stereocenters. The normalized spacial score (nSPS) is 10.5. The van der Waals surface area contributed by atoms with Crippen molar-refractivity contribution in [2.75, 3.05) is 11.1 Å². The van der Waals surface area contributed by atoms with Gasteiger partial charge in [-0.3, -0.25) is 4.79 Å². The number of benzene rings is 3. The Kier molecular flexibility index (Phi) is 5.56. The van der Waals surface area contributed by atoms with Crippen molar-refractivity contribution in [3.63, 3.8) is 0 Å². The highest BCUT2D eigenvalue weighted by atomic mass is 32.2. The van der Waals surface area contributed by atoms with Crippen LogP contribution in [0.2, 0.25) is 0 Å². The average molecular weight is 347 g/mol. The average Bonchev–Trinajstić information content (AvgIpc) is 2.62. The molecule has 0 fully saturated rings. The highest BCUT2D eigenvalue weighted by molar-refractivity contribution is 8.00. The molecule has 3 heteroatoms. The largest absolute Gasteiger partial charge is 0.325 e. The van der Waals surface area contributed by atoms with E-state index in [1.807, 2.05) is 42.5 Å². The number of hydrogen-bond acceptors (Lipinski definition) is 2. The highest BCUT2D eigenvalue weighted by Gasteiger charge is 2.09. The van der Waals surface area contributed by atoms with Crippen molar-refractivity contribution in [3.8, 4) is 11.1 Å². The van der Waals surface area contributed by atoms with E-state index < -0.39 is 0 Å². The fourth-order valence-corrected chi connectivity index (χ4v) is 3.56. The molecule has 0 saturated heterocycles. The van der Waals surface area contributed by atoms with E-state index >= 15 is 0 Å². The minimum Gasteiger partial charge on any atom is -0.325 e. The molecule has 3 aromatic rings. The van der Waals surface area contributed by atoms with E-state index in [-0.39, 0.29) is 5.91 Å². The summed E-state index contributed by atoms with van der Waals surface area (Å²) in [6.45, 7) is 4.16. The van der Waals surface area contributed by atoms with Gasteiger partial charge in [0.2, 0.25) is 5.91 Å². The van der Waals surface area contributed by atoms with Gasteiger partial charge in [0.05, 0.1) is 5.75 Å². The highest BCUT2D eigenvalue weighted by Crippen LogP contribution is 2.28. The quantitative estimate of drug-likeness (QED) is 0.600. The predicted octanol–water partition coefficient (Wildman–Crippen LogP) is 5.70. The zero-order valence-electron chi connectivity index (χ0n) is 14.5. The Bertz CT molecular complexity index is 874. The van der Waals surface area contributed by atoms with Crippen molar-refractivity contribution in [1.82, 2.24) is 0 Å². The maximum atomic E-state index is 12.4. The van der Waals surface area contributed by atoms with E-state index in [9.17, 15) is 4.79 Å². The van der Waals surface area contributed by atoms with Crippen LogP contribution in [0.5, 0.6) is 0 Å². The maximum Gasteiger partial charge on any atom is 0.234 e. The van der Waals surface area contributed by atoms with Crippen molar-refractivity contribution in [3.05, 3.63) is 83.9 Å². The molecule has 0 aliphatic carbocycles. The van der Waals surface area contributed by atoms with Crippen LogP contribution in [0.3, 0.4) is 0 Å². The molecule has 0 radical (unpaired) electrons. The molecule has 3 aromatic carbocycles. The first kappa shape index (κ1) is 17.3. The van der Waals surface area contributed by atoms with Crippen LogP contribution >= 0.6 is 11.8 Å². The molecular weight excluding hydrogens is 326 g/mol. The van der Waals surface area contributed by atoms with Crippen LogP contribution in [0.1, 0.15) is 11.1 Å². The Morgan fingerprint density at radius 3 is 2.40 bits per heavy atom. The lowest BCUT2D eigenvalue weighted by molar-refractivity contribution is -0.113. The molecule has 126 valence electrons. The second-order valence-corrected chi connectivity index (χ2v) is 7.03. The molecule has 0 aliphatic rings. The van der Waals surface area contributed by atoms with E-state index in [1.165, 1.54) is 11.1 Å². The molecule has 1 N–H and O–H groups in total. The van der Waals surface area contributed by atoms with Crippen LogP contribution in [0, 0.1) is 13.8 Å². The zero-order chi connectivity index (χ0) is 17.6. The molecule has 0 aliphatic heterocycles. The van der Waals surface area contributed by atoms with Crippen molar-refractivity contribution < 1.29 is 4.79 Å². The van der Waals surface area contributed by atoms with Gasteiger partial charge in [-0.1, -0.05) is 66.2 Å². The molecule has 0 aromatic heterocycles. The summed E-state index contributed by atoms with van der Waals surface area (Å²) in [6.07, 6.45) is 0. The molecule has 0 saturated carbocycles. The van der Waals surface area contributed by atoms with Gasteiger partial charge in [-0.15, -0.1) is 11.8 Å². The Hall–Kier alpha value is -2.52. The molecule has 1 amide bonds. The summed E-state index contributed by atoms with van der Waals surface area (Å²) in [6, 6.07) is 24.3. The third kappa shape index (κ3) is 4.52. The smallest absolute Gasteiger partial charge is 0.234 e. The van der Waals surface area contributed by atoms with Crippen molar-refractivity contribution >= 4 is 23.4 Å². The standard InChI is InChI=1S/C22H21NOS/c1-16-12-13-21(17(2)14-16)25-15-22(24)23-20-11-7-6-10-19(20)18-8-4-3-5-9-18/h3-14H,15H2,1-2H3,(H,23,24). The number of para-hydroxylation sites is 1. The molecule has 2 nitrogen and oxygen atoms in total. The summed E-state index contributed by atoms with van der Waals surface area (Å²) < 4.78 is 0. The molecule has 0 spiro atoms. The van der Waals surface area contributed by atoms with Gasteiger partial charge in [-0.25, -0.2) is 0 Å². The van der Waals surface area contributed by atoms with Crippen molar-refractivity contribution in [2.24, 2.45) is 0 Å². The lowest BCUT2D eigenvalue weighted by Gasteiger charge is -2.12. The first-order valence-corrected chi connectivity index (χ1v) is 9.26. The van der Waals surface area contributed by atoms with E-state index in [1.54, 1.807) is 11.8 Å². The van der Waals surface area contributed by atoms with Crippen LogP contribution in [0.4, 0.5) is 5.69 Å². The van der Waals surface area contributed by atoms with Crippen LogP contribution in [0.25, 0.3) is 11.1 Å². The van der Waals surface area contributed by atoms with E-state index in [0.29, 0.717) is 5.75 Å². The first-order valence-electron chi connectivity index (χ1n) is 8.28. The SMILES string of the molecule is Cc1ccc(SCC(=O)Nc2ccccc2-c2ccccc2)c(C)c1. The molecule has 25 heavy (non-hydrogen) atoms. The summed E-state index contributed by atoms with van der Waals surface area (Å²) >= 11 is 1.57. The van der Waals surface area contributed by atoms with Crippen molar-refractivity contribution in [2.45, 2.75) is 18.7 Å². The lowest BCUT2D eigenvalue weighted by Crippen LogP contribution is -2.14. The molecule has 0 bridgehead atoms.